The predicted octanol–water partition coefficient (Wildman–Crippen LogP) is 3.67. The van der Waals surface area contributed by atoms with Gasteiger partial charge in [0.25, 0.3) is 5.91 Å². The number of benzene rings is 2. The van der Waals surface area contributed by atoms with E-state index in [-0.39, 0.29) is 17.2 Å². The zero-order valence-electron chi connectivity index (χ0n) is 10.8. The van der Waals surface area contributed by atoms with Crippen molar-refractivity contribution in [2.45, 2.75) is 11.8 Å². The molecular weight excluding hydrogens is 258 g/mol. The number of phenolic OH excluding ortho intramolecular Hbond substituents is 1. The average Bonchev–Trinajstić information content (AvgIpc) is 2.42. The van der Waals surface area contributed by atoms with E-state index in [1.54, 1.807) is 36.9 Å². The Hall–Kier alpha value is -1.94. The Kier molecular flexibility index (Phi) is 4.12. The molecule has 0 bridgehead atoms. The van der Waals surface area contributed by atoms with Gasteiger partial charge in [-0.3, -0.25) is 4.79 Å². The van der Waals surface area contributed by atoms with Crippen LogP contribution in [0.2, 0.25) is 0 Å². The number of carbonyl (C=O) groups excluding carboxylic acids is 1. The smallest absolute Gasteiger partial charge is 0.259 e. The molecule has 0 aromatic heterocycles. The van der Waals surface area contributed by atoms with Crippen LogP contribution in [0.3, 0.4) is 0 Å². The third kappa shape index (κ3) is 3.09. The topological polar surface area (TPSA) is 49.3 Å². The van der Waals surface area contributed by atoms with Gasteiger partial charge in [0.2, 0.25) is 0 Å². The van der Waals surface area contributed by atoms with E-state index < -0.39 is 0 Å². The lowest BCUT2D eigenvalue weighted by molar-refractivity contribution is 0.102. The number of aryl methyl sites for hydroxylation is 1. The molecule has 2 rings (SSSR count). The summed E-state index contributed by atoms with van der Waals surface area (Å²) in [6.07, 6.45) is 2.00. The van der Waals surface area contributed by atoms with Gasteiger partial charge in [-0.1, -0.05) is 12.1 Å². The number of phenols is 1. The first kappa shape index (κ1) is 13.5. The van der Waals surface area contributed by atoms with Crippen LogP contribution in [0.1, 0.15) is 15.9 Å². The SMILES string of the molecule is CSc1ccc(NC(=O)c2cccc(C)c2O)cc1. The van der Waals surface area contributed by atoms with E-state index in [0.29, 0.717) is 11.3 Å². The molecule has 2 aromatic carbocycles. The number of amides is 1. The highest BCUT2D eigenvalue weighted by molar-refractivity contribution is 7.98. The zero-order chi connectivity index (χ0) is 13.8. The first-order chi connectivity index (χ1) is 9.11. The molecule has 0 radical (unpaired) electrons. The number of hydrogen-bond acceptors (Lipinski definition) is 3. The minimum absolute atomic E-state index is 0.0285. The molecule has 0 aliphatic carbocycles. The molecule has 1 amide bonds. The quantitative estimate of drug-likeness (QED) is 0.839. The number of aromatic hydroxyl groups is 1. The standard InChI is InChI=1S/C15H15NO2S/c1-10-4-3-5-13(14(10)17)15(18)16-11-6-8-12(19-2)9-7-11/h3-9,17H,1-2H3,(H,16,18). The highest BCUT2D eigenvalue weighted by Crippen LogP contribution is 2.23. The van der Waals surface area contributed by atoms with Gasteiger partial charge < -0.3 is 10.4 Å². The van der Waals surface area contributed by atoms with Crippen LogP contribution in [0, 0.1) is 6.92 Å². The van der Waals surface area contributed by atoms with Crippen molar-refractivity contribution in [3.8, 4) is 5.75 Å². The Balaban J connectivity index is 2.18. The third-order valence-electron chi connectivity index (χ3n) is 2.83. The van der Waals surface area contributed by atoms with Crippen molar-refractivity contribution in [2.24, 2.45) is 0 Å². The minimum Gasteiger partial charge on any atom is -0.507 e. The predicted molar refractivity (Wildman–Crippen MR) is 79.0 cm³/mol. The molecule has 0 spiro atoms. The zero-order valence-corrected chi connectivity index (χ0v) is 11.6. The number of nitrogens with one attached hydrogen (secondary N) is 1. The number of thioether (sulfide) groups is 1. The second-order valence-electron chi connectivity index (χ2n) is 4.15. The average molecular weight is 273 g/mol. The van der Waals surface area contributed by atoms with E-state index in [0.717, 1.165) is 4.90 Å². The van der Waals surface area contributed by atoms with Gasteiger partial charge >= 0.3 is 0 Å². The Morgan fingerprint density at radius 3 is 2.47 bits per heavy atom. The van der Waals surface area contributed by atoms with Gasteiger partial charge in [-0.25, -0.2) is 0 Å². The van der Waals surface area contributed by atoms with Crippen molar-refractivity contribution in [2.75, 3.05) is 11.6 Å². The minimum atomic E-state index is -0.307. The van der Waals surface area contributed by atoms with E-state index in [1.165, 1.54) is 0 Å². The summed E-state index contributed by atoms with van der Waals surface area (Å²) in [6, 6.07) is 12.7. The molecule has 0 fully saturated rings. The van der Waals surface area contributed by atoms with Crippen molar-refractivity contribution in [3.63, 3.8) is 0 Å². The van der Waals surface area contributed by atoms with Gasteiger partial charge in [0, 0.05) is 10.6 Å². The summed E-state index contributed by atoms with van der Waals surface area (Å²) >= 11 is 1.64. The number of para-hydroxylation sites is 1. The lowest BCUT2D eigenvalue weighted by Gasteiger charge is -2.08. The van der Waals surface area contributed by atoms with Crippen LogP contribution < -0.4 is 5.32 Å². The van der Waals surface area contributed by atoms with Gasteiger partial charge in [-0.2, -0.15) is 0 Å². The fourth-order valence-corrected chi connectivity index (χ4v) is 2.12. The second kappa shape index (κ2) is 5.80. The molecule has 98 valence electrons. The molecule has 0 saturated heterocycles. The molecule has 0 heterocycles. The summed E-state index contributed by atoms with van der Waals surface area (Å²) in [5.74, 6) is -0.279. The maximum atomic E-state index is 12.1. The second-order valence-corrected chi connectivity index (χ2v) is 5.03. The van der Waals surface area contributed by atoms with Crippen LogP contribution in [0.15, 0.2) is 47.4 Å². The highest BCUT2D eigenvalue weighted by Gasteiger charge is 2.12. The first-order valence-electron chi connectivity index (χ1n) is 5.86. The number of rotatable bonds is 3. The van der Waals surface area contributed by atoms with Crippen LogP contribution in [0.25, 0.3) is 0 Å². The molecule has 0 unspecified atom stereocenters. The summed E-state index contributed by atoms with van der Waals surface area (Å²) in [4.78, 5) is 13.2. The van der Waals surface area contributed by atoms with Crippen molar-refractivity contribution >= 4 is 23.4 Å². The van der Waals surface area contributed by atoms with Crippen LogP contribution in [0.4, 0.5) is 5.69 Å². The Morgan fingerprint density at radius 1 is 1.16 bits per heavy atom. The van der Waals surface area contributed by atoms with Gasteiger partial charge in [0.15, 0.2) is 0 Å². The Bertz CT molecular complexity index is 594. The largest absolute Gasteiger partial charge is 0.507 e. The molecule has 4 heteroatoms. The van der Waals surface area contributed by atoms with Crippen molar-refractivity contribution in [1.29, 1.82) is 0 Å². The maximum Gasteiger partial charge on any atom is 0.259 e. The molecule has 2 aromatic rings. The number of anilines is 1. The number of hydrogen-bond donors (Lipinski definition) is 2. The van der Waals surface area contributed by atoms with Crippen LogP contribution in [-0.4, -0.2) is 17.3 Å². The molecule has 0 aliphatic rings. The Morgan fingerprint density at radius 2 is 1.84 bits per heavy atom. The molecule has 3 nitrogen and oxygen atoms in total. The van der Waals surface area contributed by atoms with Gasteiger partial charge in [-0.05, 0) is 49.1 Å². The third-order valence-corrected chi connectivity index (χ3v) is 3.57. The van der Waals surface area contributed by atoms with E-state index in [4.69, 9.17) is 0 Å². The van der Waals surface area contributed by atoms with E-state index in [2.05, 4.69) is 5.32 Å². The van der Waals surface area contributed by atoms with E-state index in [1.807, 2.05) is 30.5 Å². The lowest BCUT2D eigenvalue weighted by Crippen LogP contribution is -2.12. The summed E-state index contributed by atoms with van der Waals surface area (Å²) in [5.41, 5.74) is 1.68. The van der Waals surface area contributed by atoms with Crippen LogP contribution in [0.5, 0.6) is 5.75 Å². The van der Waals surface area contributed by atoms with Crippen molar-refractivity contribution in [3.05, 3.63) is 53.6 Å². The highest BCUT2D eigenvalue weighted by atomic mass is 32.2. The number of carbonyl (C=O) groups is 1. The normalized spacial score (nSPS) is 10.2. The summed E-state index contributed by atoms with van der Waals surface area (Å²) in [6.45, 7) is 1.76. The molecule has 2 N–H and O–H groups in total. The van der Waals surface area contributed by atoms with E-state index >= 15 is 0 Å². The van der Waals surface area contributed by atoms with Gasteiger partial charge in [-0.15, -0.1) is 11.8 Å². The molecule has 0 saturated carbocycles. The molecule has 0 aliphatic heterocycles. The molecular formula is C15H15NO2S. The van der Waals surface area contributed by atoms with Gasteiger partial charge in [0.05, 0.1) is 5.56 Å². The summed E-state index contributed by atoms with van der Waals surface area (Å²) < 4.78 is 0. The van der Waals surface area contributed by atoms with Crippen LogP contribution in [-0.2, 0) is 0 Å². The van der Waals surface area contributed by atoms with Gasteiger partial charge in [0.1, 0.15) is 5.75 Å². The molecule has 19 heavy (non-hydrogen) atoms. The monoisotopic (exact) mass is 273 g/mol. The van der Waals surface area contributed by atoms with Crippen molar-refractivity contribution < 1.29 is 9.90 Å². The molecule has 0 atom stereocenters. The lowest BCUT2D eigenvalue weighted by atomic mass is 10.1. The van der Waals surface area contributed by atoms with Crippen LogP contribution >= 0.6 is 11.8 Å². The van der Waals surface area contributed by atoms with E-state index in [9.17, 15) is 9.90 Å². The first-order valence-corrected chi connectivity index (χ1v) is 7.08. The van der Waals surface area contributed by atoms with Crippen molar-refractivity contribution in [1.82, 2.24) is 0 Å². The fraction of sp³-hybridized carbons (Fsp3) is 0.133. The Labute approximate surface area is 116 Å². The fourth-order valence-electron chi connectivity index (χ4n) is 1.71. The summed E-state index contributed by atoms with van der Waals surface area (Å²) in [5, 5.41) is 12.6. The maximum absolute atomic E-state index is 12.1. The summed E-state index contributed by atoms with van der Waals surface area (Å²) in [7, 11) is 0.